The van der Waals surface area contributed by atoms with Gasteiger partial charge in [0.25, 0.3) is 5.91 Å². The number of nitrogens with zero attached hydrogens (tertiary/aromatic N) is 1. The fraction of sp³-hybridized carbons (Fsp3) is 0.0909. The van der Waals surface area contributed by atoms with Crippen LogP contribution < -0.4 is 14.8 Å². The number of ether oxygens (including phenoxy) is 2. The normalized spacial score (nSPS) is 11.2. The van der Waals surface area contributed by atoms with E-state index in [4.69, 9.17) is 26.3 Å². The highest BCUT2D eigenvalue weighted by atomic mass is 35.5. The maximum absolute atomic E-state index is 13.8. The minimum absolute atomic E-state index is 0.0287. The Bertz CT molecular complexity index is 1050. The number of rotatable bonds is 6. The molecule has 0 fully saturated rings. The number of hydrogen-bond acceptors (Lipinski definition) is 4. The third-order valence-corrected chi connectivity index (χ3v) is 4.15. The smallest absolute Gasteiger partial charge is 0.265 e. The third-order valence-electron chi connectivity index (χ3n) is 3.91. The minimum atomic E-state index is -0.852. The van der Waals surface area contributed by atoms with Crippen LogP contribution in [0.3, 0.4) is 0 Å². The second kappa shape index (κ2) is 9.09. The molecule has 146 valence electrons. The Morgan fingerprint density at radius 1 is 1.03 bits per heavy atom. The molecule has 0 bridgehead atoms. The molecular weight excluding hydrogens is 395 g/mol. The standard InChI is InChI=1S/C22H16ClFN2O3/c1-14(22(27)26-21-11-4-16(23)12-20(21)24)28-17-7-9-19(10-8-17)29-18-5-2-15(13-25)3-6-18/h2-12,14H,1H3,(H,26,27). The van der Waals surface area contributed by atoms with Crippen molar-refractivity contribution in [2.45, 2.75) is 13.0 Å². The van der Waals surface area contributed by atoms with E-state index in [2.05, 4.69) is 5.32 Å². The van der Waals surface area contributed by atoms with Crippen molar-refractivity contribution in [1.82, 2.24) is 0 Å². The van der Waals surface area contributed by atoms with E-state index in [0.717, 1.165) is 6.07 Å². The fourth-order valence-corrected chi connectivity index (χ4v) is 2.56. The molecule has 0 aliphatic heterocycles. The minimum Gasteiger partial charge on any atom is -0.481 e. The van der Waals surface area contributed by atoms with Gasteiger partial charge in [0.05, 0.1) is 17.3 Å². The van der Waals surface area contributed by atoms with Gasteiger partial charge in [0, 0.05) is 5.02 Å². The maximum atomic E-state index is 13.8. The van der Waals surface area contributed by atoms with Crippen molar-refractivity contribution in [1.29, 1.82) is 5.26 Å². The van der Waals surface area contributed by atoms with E-state index in [0.29, 0.717) is 22.8 Å². The first-order chi connectivity index (χ1) is 13.9. The summed E-state index contributed by atoms with van der Waals surface area (Å²) < 4.78 is 25.1. The Balaban J connectivity index is 1.58. The second-order valence-corrected chi connectivity index (χ2v) is 6.52. The van der Waals surface area contributed by atoms with Gasteiger partial charge < -0.3 is 14.8 Å². The lowest BCUT2D eigenvalue weighted by Crippen LogP contribution is -2.30. The summed E-state index contributed by atoms with van der Waals surface area (Å²) in [6.45, 7) is 1.56. The number of amides is 1. The summed E-state index contributed by atoms with van der Waals surface area (Å²) in [4.78, 5) is 12.2. The molecule has 0 radical (unpaired) electrons. The summed E-state index contributed by atoms with van der Waals surface area (Å²) in [5.74, 6) is 0.501. The van der Waals surface area contributed by atoms with E-state index >= 15 is 0 Å². The molecule has 0 saturated carbocycles. The third kappa shape index (κ3) is 5.47. The summed E-state index contributed by atoms with van der Waals surface area (Å²) in [6.07, 6.45) is -0.852. The summed E-state index contributed by atoms with van der Waals surface area (Å²) in [5.41, 5.74) is 0.577. The Morgan fingerprint density at radius 3 is 2.21 bits per heavy atom. The van der Waals surface area contributed by atoms with Gasteiger partial charge >= 0.3 is 0 Å². The molecule has 1 atom stereocenters. The van der Waals surface area contributed by atoms with Crippen LogP contribution in [0, 0.1) is 17.1 Å². The van der Waals surface area contributed by atoms with Crippen LogP contribution >= 0.6 is 11.6 Å². The molecular formula is C22H16ClFN2O3. The SMILES string of the molecule is CC(Oc1ccc(Oc2ccc(C#N)cc2)cc1)C(=O)Nc1ccc(Cl)cc1F. The zero-order valence-electron chi connectivity index (χ0n) is 15.4. The summed E-state index contributed by atoms with van der Waals surface area (Å²) in [5, 5.41) is 11.5. The van der Waals surface area contributed by atoms with Gasteiger partial charge in [-0.3, -0.25) is 4.79 Å². The summed E-state index contributed by atoms with van der Waals surface area (Å²) in [6, 6.07) is 19.5. The van der Waals surface area contributed by atoms with Crippen LogP contribution in [0.25, 0.3) is 0 Å². The number of nitrogens with one attached hydrogen (secondary N) is 1. The van der Waals surface area contributed by atoms with E-state index in [9.17, 15) is 9.18 Å². The zero-order valence-corrected chi connectivity index (χ0v) is 16.1. The molecule has 1 unspecified atom stereocenters. The highest BCUT2D eigenvalue weighted by molar-refractivity contribution is 6.30. The number of nitriles is 1. The monoisotopic (exact) mass is 410 g/mol. The van der Waals surface area contributed by atoms with Gasteiger partial charge in [-0.25, -0.2) is 4.39 Å². The van der Waals surface area contributed by atoms with Crippen LogP contribution in [0.15, 0.2) is 66.7 Å². The molecule has 0 aromatic heterocycles. The van der Waals surface area contributed by atoms with Gasteiger partial charge in [0.15, 0.2) is 6.10 Å². The van der Waals surface area contributed by atoms with Crippen LogP contribution in [0.2, 0.25) is 5.02 Å². The first kappa shape index (κ1) is 20.2. The van der Waals surface area contributed by atoms with Gasteiger partial charge in [-0.05, 0) is 73.7 Å². The molecule has 3 rings (SSSR count). The Labute approximate surface area is 172 Å². The second-order valence-electron chi connectivity index (χ2n) is 6.08. The molecule has 1 N–H and O–H groups in total. The molecule has 0 aliphatic rings. The molecule has 5 nitrogen and oxygen atoms in total. The predicted octanol–water partition coefficient (Wildman–Crippen LogP) is 5.55. The number of carbonyl (C=O) groups excluding carboxylic acids is 1. The molecule has 0 heterocycles. The van der Waals surface area contributed by atoms with Gasteiger partial charge in [-0.2, -0.15) is 5.26 Å². The number of halogens is 2. The lowest BCUT2D eigenvalue weighted by molar-refractivity contribution is -0.122. The lowest BCUT2D eigenvalue weighted by Gasteiger charge is -2.15. The van der Waals surface area contributed by atoms with Crippen LogP contribution in [0.1, 0.15) is 12.5 Å². The highest BCUT2D eigenvalue weighted by Gasteiger charge is 2.16. The number of benzene rings is 3. The highest BCUT2D eigenvalue weighted by Crippen LogP contribution is 2.25. The Morgan fingerprint density at radius 2 is 1.62 bits per heavy atom. The van der Waals surface area contributed by atoms with Gasteiger partial charge in [0.2, 0.25) is 0 Å². The average molecular weight is 411 g/mol. The van der Waals surface area contributed by atoms with E-state index < -0.39 is 17.8 Å². The van der Waals surface area contributed by atoms with Crippen molar-refractivity contribution in [2.24, 2.45) is 0 Å². The largest absolute Gasteiger partial charge is 0.481 e. The molecule has 0 saturated heterocycles. The molecule has 7 heteroatoms. The van der Waals surface area contributed by atoms with Crippen LogP contribution in [0.4, 0.5) is 10.1 Å². The maximum Gasteiger partial charge on any atom is 0.265 e. The van der Waals surface area contributed by atoms with E-state index in [1.807, 2.05) is 6.07 Å². The van der Waals surface area contributed by atoms with E-state index in [1.54, 1.807) is 55.5 Å². The van der Waals surface area contributed by atoms with Crippen molar-refractivity contribution < 1.29 is 18.7 Å². The lowest BCUT2D eigenvalue weighted by atomic mass is 10.2. The number of hydrogen-bond donors (Lipinski definition) is 1. The van der Waals surface area contributed by atoms with Crippen LogP contribution in [-0.2, 0) is 4.79 Å². The fourth-order valence-electron chi connectivity index (χ4n) is 2.40. The average Bonchev–Trinajstić information content (AvgIpc) is 2.72. The zero-order chi connectivity index (χ0) is 20.8. The molecule has 1 amide bonds. The van der Waals surface area contributed by atoms with Crippen molar-refractivity contribution in [2.75, 3.05) is 5.32 Å². The predicted molar refractivity (Wildman–Crippen MR) is 108 cm³/mol. The van der Waals surface area contributed by atoms with Gasteiger partial charge in [0.1, 0.15) is 23.1 Å². The van der Waals surface area contributed by atoms with Crippen LogP contribution in [-0.4, -0.2) is 12.0 Å². The first-order valence-corrected chi connectivity index (χ1v) is 9.03. The molecule has 3 aromatic carbocycles. The molecule has 0 aliphatic carbocycles. The Hall–Kier alpha value is -3.56. The van der Waals surface area contributed by atoms with E-state index in [1.165, 1.54) is 12.1 Å². The van der Waals surface area contributed by atoms with E-state index in [-0.39, 0.29) is 10.7 Å². The molecule has 0 spiro atoms. The number of anilines is 1. The Kier molecular flexibility index (Phi) is 6.32. The molecule has 29 heavy (non-hydrogen) atoms. The quantitative estimate of drug-likeness (QED) is 0.578. The van der Waals surface area contributed by atoms with Gasteiger partial charge in [-0.1, -0.05) is 11.6 Å². The van der Waals surface area contributed by atoms with Gasteiger partial charge in [-0.15, -0.1) is 0 Å². The topological polar surface area (TPSA) is 71.3 Å². The van der Waals surface area contributed by atoms with Crippen molar-refractivity contribution in [3.63, 3.8) is 0 Å². The first-order valence-electron chi connectivity index (χ1n) is 8.65. The van der Waals surface area contributed by atoms with Crippen molar-refractivity contribution in [3.8, 4) is 23.3 Å². The summed E-state index contributed by atoms with van der Waals surface area (Å²) >= 11 is 5.70. The van der Waals surface area contributed by atoms with Crippen LogP contribution in [0.5, 0.6) is 17.2 Å². The van der Waals surface area contributed by atoms with Crippen molar-refractivity contribution in [3.05, 3.63) is 83.1 Å². The molecule has 3 aromatic rings. The van der Waals surface area contributed by atoms with Crippen molar-refractivity contribution >= 4 is 23.2 Å². The summed E-state index contributed by atoms with van der Waals surface area (Å²) in [7, 11) is 0. The number of carbonyl (C=O) groups is 1.